The molecular weight excluding hydrogens is 201 g/mol. The van der Waals surface area contributed by atoms with E-state index < -0.39 is 18.8 Å². The van der Waals surface area contributed by atoms with Crippen LogP contribution in [-0.4, -0.2) is 4.98 Å². The summed E-state index contributed by atoms with van der Waals surface area (Å²) in [4.78, 5) is 3.31. The Kier molecular flexibility index (Phi) is 1.71. The van der Waals surface area contributed by atoms with Crippen LogP contribution in [0.15, 0.2) is 18.3 Å². The second-order valence-corrected chi connectivity index (χ2v) is 26.1. The maximum absolute atomic E-state index is 3.31. The fourth-order valence-corrected chi connectivity index (χ4v) is 4.45. The third kappa shape index (κ3) is 1.82. The van der Waals surface area contributed by atoms with E-state index in [1.54, 1.807) is 0 Å². The van der Waals surface area contributed by atoms with Gasteiger partial charge in [-0.2, -0.15) is 0 Å². The Morgan fingerprint density at radius 3 is 2.00 bits per heavy atom. The quantitative estimate of drug-likeness (QED) is 0.744. The molecule has 0 fully saturated rings. The first-order chi connectivity index (χ1) is 4.36. The van der Waals surface area contributed by atoms with Gasteiger partial charge in [0, 0.05) is 0 Å². The van der Waals surface area contributed by atoms with Gasteiger partial charge in [-0.3, -0.25) is 0 Å². The third-order valence-corrected chi connectivity index (χ3v) is 7.74. The van der Waals surface area contributed by atoms with Crippen molar-refractivity contribution < 1.29 is 18.8 Å². The van der Waals surface area contributed by atoms with E-state index in [1.807, 2.05) is 6.20 Å². The van der Waals surface area contributed by atoms with Crippen LogP contribution in [0, 0.1) is 0 Å². The molecule has 0 aliphatic carbocycles. The minimum atomic E-state index is -2.31. The van der Waals surface area contributed by atoms with Crippen LogP contribution in [0.2, 0.25) is 18.5 Å². The summed E-state index contributed by atoms with van der Waals surface area (Å²) in [6.45, 7) is 0. The van der Waals surface area contributed by atoms with Gasteiger partial charge >= 0.3 is 64.0 Å². The van der Waals surface area contributed by atoms with E-state index in [0.717, 1.165) is 0 Å². The van der Waals surface area contributed by atoms with Gasteiger partial charge in [-0.05, 0) is 0 Å². The molecule has 0 spiro atoms. The first-order valence-corrected chi connectivity index (χ1v) is 14.8. The van der Waals surface area contributed by atoms with E-state index in [0.29, 0.717) is 0 Å². The predicted octanol–water partition coefficient (Wildman–Crippen LogP) is 2.52. The monoisotopic (exact) mass is 216 g/mol. The molecule has 57 valence electrons. The number of aromatic nitrogens is 1. The molecule has 0 aromatic carbocycles. The van der Waals surface area contributed by atoms with Crippen molar-refractivity contribution in [3.63, 3.8) is 0 Å². The molecule has 1 aromatic rings. The number of aromatic amines is 1. The topological polar surface area (TPSA) is 15.8 Å². The summed E-state index contributed by atoms with van der Waals surface area (Å²) in [5.74, 6) is 0. The molecule has 2 heteroatoms. The average Bonchev–Trinajstić information content (AvgIpc) is 2.04. The molecule has 1 nitrogen and oxygen atoms in total. The number of nitrogens with one attached hydrogen (secondary N) is 1. The molecule has 1 aromatic heterocycles. The van der Waals surface area contributed by atoms with Gasteiger partial charge in [0.15, 0.2) is 0 Å². The Hall–Kier alpha value is 0.163. The molecule has 0 radical (unpaired) electrons. The first kappa shape index (κ1) is 8.26. The Bertz CT molecular complexity index is 206. The summed E-state index contributed by atoms with van der Waals surface area (Å²) in [5.41, 5.74) is 0. The SMILES string of the molecule is [CH3][Zr]([CH3])([CH3])([CH3])[c]1ccc[nH]1. The molecule has 0 unspecified atom stereocenters. The second-order valence-electron chi connectivity index (χ2n) is 5.08. The minimum absolute atomic E-state index is 1.49. The Morgan fingerprint density at radius 2 is 1.80 bits per heavy atom. The van der Waals surface area contributed by atoms with Gasteiger partial charge in [0.2, 0.25) is 0 Å². The fourth-order valence-electron chi connectivity index (χ4n) is 0.952. The molecular formula is C8H16NZr. The summed E-state index contributed by atoms with van der Waals surface area (Å²) >= 11 is -2.31. The Morgan fingerprint density at radius 1 is 1.20 bits per heavy atom. The maximum atomic E-state index is 3.31. The van der Waals surface area contributed by atoms with Crippen LogP contribution in [0.5, 0.6) is 0 Å². The predicted molar refractivity (Wildman–Crippen MR) is 43.9 cm³/mol. The Balaban J connectivity index is 3.09. The van der Waals surface area contributed by atoms with Crippen molar-refractivity contribution in [1.82, 2.24) is 4.98 Å². The van der Waals surface area contributed by atoms with E-state index in [1.165, 1.54) is 3.40 Å². The van der Waals surface area contributed by atoms with Crippen molar-refractivity contribution in [3.8, 4) is 0 Å². The van der Waals surface area contributed by atoms with E-state index >= 15 is 0 Å². The third-order valence-electron chi connectivity index (χ3n) is 1.68. The molecule has 0 amide bonds. The number of hydrogen-bond acceptors (Lipinski definition) is 0. The van der Waals surface area contributed by atoms with Gasteiger partial charge in [0.1, 0.15) is 0 Å². The number of rotatable bonds is 1. The van der Waals surface area contributed by atoms with Gasteiger partial charge < -0.3 is 0 Å². The zero-order valence-electron chi connectivity index (χ0n) is 7.23. The van der Waals surface area contributed by atoms with Crippen LogP contribution in [0.25, 0.3) is 0 Å². The van der Waals surface area contributed by atoms with Crippen molar-refractivity contribution in [2.75, 3.05) is 0 Å². The van der Waals surface area contributed by atoms with Crippen molar-refractivity contribution >= 4 is 3.40 Å². The van der Waals surface area contributed by atoms with Gasteiger partial charge in [-0.15, -0.1) is 0 Å². The van der Waals surface area contributed by atoms with Gasteiger partial charge in [0.25, 0.3) is 0 Å². The average molecular weight is 217 g/mol. The van der Waals surface area contributed by atoms with Crippen LogP contribution in [0.1, 0.15) is 0 Å². The molecule has 0 aliphatic rings. The zero-order valence-corrected chi connectivity index (χ0v) is 9.69. The first-order valence-electron chi connectivity index (χ1n) is 3.74. The van der Waals surface area contributed by atoms with Crippen molar-refractivity contribution in [2.45, 2.75) is 18.5 Å². The van der Waals surface area contributed by atoms with Crippen molar-refractivity contribution in [3.05, 3.63) is 18.3 Å². The van der Waals surface area contributed by atoms with Crippen LogP contribution in [-0.2, 0) is 18.8 Å². The summed E-state index contributed by atoms with van der Waals surface area (Å²) in [6.07, 6.45) is 2.02. The summed E-state index contributed by atoms with van der Waals surface area (Å²) in [5, 5.41) is 0. The summed E-state index contributed by atoms with van der Waals surface area (Å²) < 4.78 is 11.2. The number of hydrogen-bond donors (Lipinski definition) is 1. The fraction of sp³-hybridized carbons (Fsp3) is 0.500. The van der Waals surface area contributed by atoms with E-state index in [2.05, 4.69) is 35.6 Å². The molecule has 0 atom stereocenters. The Labute approximate surface area is 64.0 Å². The molecule has 1 heterocycles. The summed E-state index contributed by atoms with van der Waals surface area (Å²) in [6, 6.07) is 4.30. The molecule has 1 rings (SSSR count). The zero-order chi connectivity index (χ0) is 7.85. The summed E-state index contributed by atoms with van der Waals surface area (Å²) in [7, 11) is 0. The van der Waals surface area contributed by atoms with Crippen LogP contribution < -0.4 is 3.40 Å². The van der Waals surface area contributed by atoms with Gasteiger partial charge in [-0.25, -0.2) is 0 Å². The van der Waals surface area contributed by atoms with Crippen LogP contribution in [0.4, 0.5) is 0 Å². The van der Waals surface area contributed by atoms with E-state index in [-0.39, 0.29) is 0 Å². The molecule has 10 heavy (non-hydrogen) atoms. The molecule has 0 saturated heterocycles. The molecule has 0 bridgehead atoms. The van der Waals surface area contributed by atoms with Gasteiger partial charge in [-0.1, -0.05) is 0 Å². The van der Waals surface area contributed by atoms with Crippen molar-refractivity contribution in [2.24, 2.45) is 0 Å². The normalized spacial score (nSPS) is 16.2. The van der Waals surface area contributed by atoms with Crippen LogP contribution >= 0.6 is 0 Å². The molecule has 1 N–H and O–H groups in total. The second kappa shape index (κ2) is 2.07. The molecule has 0 aliphatic heterocycles. The van der Waals surface area contributed by atoms with E-state index in [4.69, 9.17) is 0 Å². The standard InChI is InChI=1S/C4H4N.4CH3.Zr/c1-2-4-5-3-1;;;;;/h1-3,5H;4*1H3;. The van der Waals surface area contributed by atoms with Gasteiger partial charge in [0.05, 0.1) is 0 Å². The van der Waals surface area contributed by atoms with Crippen molar-refractivity contribution in [1.29, 1.82) is 0 Å². The molecule has 0 saturated carbocycles. The number of H-pyrrole nitrogens is 1. The van der Waals surface area contributed by atoms with Crippen LogP contribution in [0.3, 0.4) is 0 Å². The van der Waals surface area contributed by atoms with E-state index in [9.17, 15) is 0 Å².